The van der Waals surface area contributed by atoms with Crippen molar-refractivity contribution in [2.45, 2.75) is 5.41 Å². The molecule has 0 atom stereocenters. The van der Waals surface area contributed by atoms with Crippen molar-refractivity contribution in [1.82, 2.24) is 9.97 Å². The molecule has 0 bridgehead atoms. The molecule has 0 saturated heterocycles. The van der Waals surface area contributed by atoms with E-state index >= 15 is 0 Å². The van der Waals surface area contributed by atoms with E-state index in [1.54, 1.807) is 0 Å². The van der Waals surface area contributed by atoms with Gasteiger partial charge >= 0.3 is 0 Å². The summed E-state index contributed by atoms with van der Waals surface area (Å²) in [6.45, 7) is 8.02. The fourth-order valence-electron chi connectivity index (χ4n) is 9.40. The molecule has 0 radical (unpaired) electrons. The van der Waals surface area contributed by atoms with Crippen molar-refractivity contribution in [3.05, 3.63) is 246 Å². The van der Waals surface area contributed by atoms with Crippen LogP contribution >= 0.6 is 0 Å². The van der Waals surface area contributed by atoms with Gasteiger partial charge in [-0.15, -0.1) is 0 Å². The predicted octanol–water partition coefficient (Wildman–Crippen LogP) is 14.4. The molecule has 10 aromatic rings. The van der Waals surface area contributed by atoms with Crippen molar-refractivity contribution in [1.29, 1.82) is 0 Å². The van der Waals surface area contributed by atoms with E-state index in [9.17, 15) is 0 Å². The summed E-state index contributed by atoms with van der Waals surface area (Å²) in [5, 5.41) is 4.58. The summed E-state index contributed by atoms with van der Waals surface area (Å²) in [4.78, 5) is 14.6. The highest BCUT2D eigenvalue weighted by atomic mass is 14.9. The minimum absolute atomic E-state index is 0.616. The van der Waals surface area contributed by atoms with Gasteiger partial charge in [-0.05, 0) is 78.2 Å². The Labute approximate surface area is 343 Å². The van der Waals surface area contributed by atoms with Crippen LogP contribution in [0.3, 0.4) is 0 Å². The topological polar surface area (TPSA) is 30.1 Å². The quantitative estimate of drug-likeness (QED) is 0.158. The Morgan fingerprint density at radius 1 is 0.390 bits per heavy atom. The number of nitrogens with zero attached hydrogens (tertiary/aromatic N) is 3. The lowest BCUT2D eigenvalue weighted by Crippen LogP contribution is -2.28. The van der Waals surface area contributed by atoms with Gasteiger partial charge in [-0.1, -0.05) is 200 Å². The second-order valence-electron chi connectivity index (χ2n) is 15.1. The highest BCUT2D eigenvalue weighted by molar-refractivity contribution is 6.00. The molecular weight excluding hydrogens is 715 g/mol. The predicted molar refractivity (Wildman–Crippen MR) is 242 cm³/mol. The van der Waals surface area contributed by atoms with Gasteiger partial charge < -0.3 is 0 Å². The third-order valence-corrected chi connectivity index (χ3v) is 12.0. The average molecular weight is 750 g/mol. The first-order valence-corrected chi connectivity index (χ1v) is 19.9. The van der Waals surface area contributed by atoms with Crippen LogP contribution in [0.2, 0.25) is 0 Å². The van der Waals surface area contributed by atoms with E-state index in [-0.39, 0.29) is 0 Å². The fraction of sp³-hybridized carbons (Fsp3) is 0.0179. The van der Waals surface area contributed by atoms with Crippen molar-refractivity contribution in [3.63, 3.8) is 0 Å². The zero-order chi connectivity index (χ0) is 39.3. The van der Waals surface area contributed by atoms with Gasteiger partial charge in [-0.25, -0.2) is 14.8 Å². The van der Waals surface area contributed by atoms with E-state index in [4.69, 9.17) is 16.5 Å². The first-order chi connectivity index (χ1) is 29.2. The first kappa shape index (κ1) is 34.3. The van der Waals surface area contributed by atoms with Gasteiger partial charge in [0.05, 0.1) is 23.4 Å². The standard InChI is InChI=1S/C56H35N3/c1-57-43-32-33-49-51(35-43)56(41-22-4-2-5-23-41,42-24-6-3-7-25-42)50-31-15-28-46(54(49)50)39-20-12-21-40(34-39)52-36-53(47-29-13-18-37-16-8-10-26-44(37)47)59-55(58-52)48-30-14-19-38-17-9-11-27-45(38)48/h2-36H. The highest BCUT2D eigenvalue weighted by Crippen LogP contribution is 2.59. The number of hydrogen-bond acceptors (Lipinski definition) is 2. The Bertz CT molecular complexity index is 3140. The van der Waals surface area contributed by atoms with Crippen LogP contribution in [-0.2, 0) is 5.41 Å². The summed E-state index contributed by atoms with van der Waals surface area (Å²) < 4.78 is 0. The molecule has 0 unspecified atom stereocenters. The van der Waals surface area contributed by atoms with E-state index in [0.29, 0.717) is 11.5 Å². The minimum atomic E-state index is -0.616. The molecule has 1 aromatic heterocycles. The molecule has 1 aliphatic carbocycles. The summed E-state index contributed by atoms with van der Waals surface area (Å²) in [5.74, 6) is 0.688. The van der Waals surface area contributed by atoms with Crippen LogP contribution in [0.1, 0.15) is 22.3 Å². The number of aromatic nitrogens is 2. The van der Waals surface area contributed by atoms with Crippen molar-refractivity contribution >= 4 is 27.2 Å². The fourth-order valence-corrected chi connectivity index (χ4v) is 9.40. The Hall–Kier alpha value is -7.93. The maximum atomic E-state index is 8.02. The van der Waals surface area contributed by atoms with E-state index in [1.165, 1.54) is 27.6 Å². The third kappa shape index (κ3) is 5.50. The number of hydrogen-bond donors (Lipinski definition) is 0. The van der Waals surface area contributed by atoms with Gasteiger partial charge in [0.2, 0.25) is 0 Å². The maximum Gasteiger partial charge on any atom is 0.187 e. The van der Waals surface area contributed by atoms with E-state index in [0.717, 1.165) is 66.5 Å². The Balaban J connectivity index is 1.14. The van der Waals surface area contributed by atoms with E-state index in [1.807, 2.05) is 6.07 Å². The second kappa shape index (κ2) is 13.9. The molecule has 0 saturated carbocycles. The molecule has 59 heavy (non-hydrogen) atoms. The summed E-state index contributed by atoms with van der Waals surface area (Å²) in [6.07, 6.45) is 0. The van der Waals surface area contributed by atoms with Gasteiger partial charge in [-0.3, -0.25) is 0 Å². The molecule has 0 amide bonds. The van der Waals surface area contributed by atoms with Crippen LogP contribution in [0.5, 0.6) is 0 Å². The Morgan fingerprint density at radius 2 is 0.949 bits per heavy atom. The number of rotatable bonds is 6. The summed E-state index contributed by atoms with van der Waals surface area (Å²) in [7, 11) is 0. The lowest BCUT2D eigenvalue weighted by Gasteiger charge is -2.34. The van der Waals surface area contributed by atoms with Gasteiger partial charge in [0.15, 0.2) is 11.5 Å². The van der Waals surface area contributed by atoms with Crippen LogP contribution in [0.25, 0.3) is 82.5 Å². The van der Waals surface area contributed by atoms with E-state index in [2.05, 4.69) is 211 Å². The first-order valence-electron chi connectivity index (χ1n) is 19.9. The minimum Gasteiger partial charge on any atom is -0.238 e. The van der Waals surface area contributed by atoms with Crippen LogP contribution in [-0.4, -0.2) is 9.97 Å². The zero-order valence-corrected chi connectivity index (χ0v) is 32.0. The SMILES string of the molecule is [C-]#[N+]c1ccc2c(c1)C(c1ccccc1)(c1ccccc1)c1cccc(-c3cccc(-c4cc(-c5cccc6ccccc56)nc(-c5cccc6ccccc56)n4)c3)c1-2. The molecule has 274 valence electrons. The van der Waals surface area contributed by atoms with E-state index < -0.39 is 5.41 Å². The molecule has 0 N–H and O–H groups in total. The van der Waals surface area contributed by atoms with Crippen LogP contribution in [0.4, 0.5) is 5.69 Å². The van der Waals surface area contributed by atoms with Crippen molar-refractivity contribution < 1.29 is 0 Å². The summed E-state index contributed by atoms with van der Waals surface area (Å²) in [5.41, 5.74) is 14.0. The summed E-state index contributed by atoms with van der Waals surface area (Å²) >= 11 is 0. The Morgan fingerprint density at radius 3 is 1.66 bits per heavy atom. The average Bonchev–Trinajstić information content (AvgIpc) is 3.62. The van der Waals surface area contributed by atoms with Crippen molar-refractivity contribution in [2.24, 2.45) is 0 Å². The molecule has 1 aliphatic rings. The van der Waals surface area contributed by atoms with Gasteiger partial charge in [0.1, 0.15) is 0 Å². The zero-order valence-electron chi connectivity index (χ0n) is 32.0. The molecular formula is C56H35N3. The molecule has 1 heterocycles. The van der Waals surface area contributed by atoms with Crippen LogP contribution < -0.4 is 0 Å². The molecule has 0 aliphatic heterocycles. The molecule has 9 aromatic carbocycles. The highest BCUT2D eigenvalue weighted by Gasteiger charge is 2.46. The molecule has 3 heteroatoms. The normalized spacial score (nSPS) is 12.5. The van der Waals surface area contributed by atoms with Crippen molar-refractivity contribution in [3.8, 4) is 56.2 Å². The largest absolute Gasteiger partial charge is 0.238 e. The van der Waals surface area contributed by atoms with Crippen LogP contribution in [0.15, 0.2) is 212 Å². The van der Waals surface area contributed by atoms with Crippen molar-refractivity contribution in [2.75, 3.05) is 0 Å². The molecule has 0 fully saturated rings. The Kier molecular flexibility index (Phi) is 8.10. The number of fused-ring (bicyclic) bond motifs is 5. The lowest BCUT2D eigenvalue weighted by atomic mass is 9.67. The van der Waals surface area contributed by atoms with Gasteiger partial charge in [-0.2, -0.15) is 0 Å². The monoisotopic (exact) mass is 749 g/mol. The van der Waals surface area contributed by atoms with Gasteiger partial charge in [0, 0.05) is 16.7 Å². The molecule has 3 nitrogen and oxygen atoms in total. The molecule has 0 spiro atoms. The summed E-state index contributed by atoms with van der Waals surface area (Å²) in [6, 6.07) is 75.0. The lowest BCUT2D eigenvalue weighted by molar-refractivity contribution is 0.769. The molecule has 11 rings (SSSR count). The maximum absolute atomic E-state index is 8.02. The van der Waals surface area contributed by atoms with Crippen LogP contribution in [0, 0.1) is 6.57 Å². The van der Waals surface area contributed by atoms with Gasteiger partial charge in [0.25, 0.3) is 0 Å². The number of benzene rings is 9. The third-order valence-electron chi connectivity index (χ3n) is 12.0. The second-order valence-corrected chi connectivity index (χ2v) is 15.1. The smallest absolute Gasteiger partial charge is 0.187 e.